The molecule has 0 spiro atoms. The topological polar surface area (TPSA) is 24.7 Å². The Morgan fingerprint density at radius 3 is 1.69 bits per heavy atom. The van der Waals surface area contributed by atoms with Gasteiger partial charge in [0.1, 0.15) is 0 Å². The number of aliphatic imine (C=N–C) groups is 2. The maximum Gasteiger partial charge on any atom is 0.0646 e. The van der Waals surface area contributed by atoms with E-state index in [-0.39, 0.29) is 0 Å². The van der Waals surface area contributed by atoms with Crippen LogP contribution in [0.2, 0.25) is 0 Å². The average molecular weight is 206 g/mol. The monoisotopic (exact) mass is 206 g/mol. The first-order chi connectivity index (χ1) is 7.93. The number of benzene rings is 2. The summed E-state index contributed by atoms with van der Waals surface area (Å²) in [4.78, 5) is 8.78. The van der Waals surface area contributed by atoms with Crippen molar-refractivity contribution in [2.75, 3.05) is 0 Å². The Morgan fingerprint density at radius 1 is 0.688 bits per heavy atom. The molecule has 0 radical (unpaired) electrons. The highest BCUT2D eigenvalue weighted by Crippen LogP contribution is 2.32. The predicted octanol–water partition coefficient (Wildman–Crippen LogP) is 2.70. The van der Waals surface area contributed by atoms with Gasteiger partial charge in [-0.05, 0) is 21.9 Å². The van der Waals surface area contributed by atoms with E-state index in [0.717, 1.165) is 13.1 Å². The molecule has 0 saturated carbocycles. The lowest BCUT2D eigenvalue weighted by molar-refractivity contribution is 1.06. The molecule has 16 heavy (non-hydrogen) atoms. The lowest BCUT2D eigenvalue weighted by atomic mass is 9.90. The van der Waals surface area contributed by atoms with Crippen LogP contribution in [0.25, 0.3) is 10.8 Å². The molecule has 2 aliphatic heterocycles. The Labute approximate surface area is 93.4 Å². The maximum atomic E-state index is 4.39. The van der Waals surface area contributed by atoms with E-state index in [1.165, 1.54) is 33.0 Å². The first-order valence-electron chi connectivity index (χ1n) is 5.50. The minimum absolute atomic E-state index is 0.810. The Hall–Kier alpha value is -1.96. The molecule has 0 amide bonds. The molecular formula is C14H10N2. The largest absolute Gasteiger partial charge is 0.288 e. The van der Waals surface area contributed by atoms with E-state index in [9.17, 15) is 0 Å². The summed E-state index contributed by atoms with van der Waals surface area (Å²) in [6.45, 7) is 1.62. The molecule has 0 atom stereocenters. The first kappa shape index (κ1) is 8.22. The number of hydrogen-bond acceptors (Lipinski definition) is 2. The zero-order valence-electron chi connectivity index (χ0n) is 8.77. The molecule has 2 aromatic rings. The average Bonchev–Trinajstić information content (AvgIpc) is 2.36. The van der Waals surface area contributed by atoms with Gasteiger partial charge >= 0.3 is 0 Å². The standard InChI is InChI=1S/C14H10N2/c1-2-10-6-16-8-12-4-3-11-7-15-5-9(1)13(11)14(10)12/h1-5,8H,6-7H2. The molecule has 2 aromatic carbocycles. The molecule has 4 rings (SSSR count). The summed E-state index contributed by atoms with van der Waals surface area (Å²) in [5.41, 5.74) is 5.18. The Morgan fingerprint density at radius 2 is 1.19 bits per heavy atom. The summed E-state index contributed by atoms with van der Waals surface area (Å²) in [5.74, 6) is 0. The molecule has 2 heteroatoms. The quantitative estimate of drug-likeness (QED) is 0.633. The predicted molar refractivity (Wildman–Crippen MR) is 66.5 cm³/mol. The molecule has 76 valence electrons. The van der Waals surface area contributed by atoms with Crippen molar-refractivity contribution >= 4 is 23.2 Å². The van der Waals surface area contributed by atoms with Gasteiger partial charge in [0, 0.05) is 23.6 Å². The van der Waals surface area contributed by atoms with Crippen LogP contribution >= 0.6 is 0 Å². The second kappa shape index (κ2) is 2.79. The van der Waals surface area contributed by atoms with E-state index in [0.29, 0.717) is 0 Å². The highest BCUT2D eigenvalue weighted by molar-refractivity contribution is 6.11. The Kier molecular flexibility index (Phi) is 1.43. The van der Waals surface area contributed by atoms with Crippen molar-refractivity contribution in [3.05, 3.63) is 46.5 Å². The second-order valence-corrected chi connectivity index (χ2v) is 4.32. The summed E-state index contributed by atoms with van der Waals surface area (Å²) in [7, 11) is 0. The van der Waals surface area contributed by atoms with Gasteiger partial charge in [0.25, 0.3) is 0 Å². The smallest absolute Gasteiger partial charge is 0.0646 e. The van der Waals surface area contributed by atoms with Crippen molar-refractivity contribution in [1.82, 2.24) is 0 Å². The minimum atomic E-state index is 0.810. The van der Waals surface area contributed by atoms with Crippen LogP contribution in [0.15, 0.2) is 34.3 Å². The molecule has 0 unspecified atom stereocenters. The molecule has 0 bridgehead atoms. The van der Waals surface area contributed by atoms with E-state index < -0.39 is 0 Å². The fourth-order valence-corrected chi connectivity index (χ4v) is 2.66. The maximum absolute atomic E-state index is 4.39. The second-order valence-electron chi connectivity index (χ2n) is 4.32. The third kappa shape index (κ3) is 0.915. The molecule has 0 N–H and O–H groups in total. The van der Waals surface area contributed by atoms with Gasteiger partial charge in [-0.15, -0.1) is 0 Å². The van der Waals surface area contributed by atoms with Crippen LogP contribution in [0, 0.1) is 0 Å². The number of rotatable bonds is 0. The van der Waals surface area contributed by atoms with Gasteiger partial charge < -0.3 is 0 Å². The summed E-state index contributed by atoms with van der Waals surface area (Å²) >= 11 is 0. The highest BCUT2D eigenvalue weighted by atomic mass is 14.7. The van der Waals surface area contributed by atoms with Crippen molar-refractivity contribution in [2.24, 2.45) is 9.98 Å². The fourth-order valence-electron chi connectivity index (χ4n) is 2.66. The molecular weight excluding hydrogens is 196 g/mol. The molecule has 2 nitrogen and oxygen atoms in total. The van der Waals surface area contributed by atoms with E-state index in [2.05, 4.69) is 34.3 Å². The zero-order valence-corrected chi connectivity index (χ0v) is 8.77. The van der Waals surface area contributed by atoms with Crippen LogP contribution in [0.5, 0.6) is 0 Å². The zero-order chi connectivity index (χ0) is 10.5. The summed E-state index contributed by atoms with van der Waals surface area (Å²) < 4.78 is 0. The van der Waals surface area contributed by atoms with E-state index in [1.54, 1.807) is 0 Å². The van der Waals surface area contributed by atoms with Gasteiger partial charge in [0.15, 0.2) is 0 Å². The van der Waals surface area contributed by atoms with Crippen molar-refractivity contribution in [2.45, 2.75) is 13.1 Å². The minimum Gasteiger partial charge on any atom is -0.288 e. The van der Waals surface area contributed by atoms with Crippen LogP contribution in [-0.4, -0.2) is 12.4 Å². The van der Waals surface area contributed by atoms with Crippen LogP contribution in [0.1, 0.15) is 22.3 Å². The first-order valence-corrected chi connectivity index (χ1v) is 5.50. The van der Waals surface area contributed by atoms with Gasteiger partial charge in [0.05, 0.1) is 13.1 Å². The summed E-state index contributed by atoms with van der Waals surface area (Å²) in [6, 6.07) is 8.68. The molecule has 2 aliphatic rings. The van der Waals surface area contributed by atoms with Crippen LogP contribution in [0.4, 0.5) is 0 Å². The summed E-state index contributed by atoms with van der Waals surface area (Å²) in [6.07, 6.45) is 3.98. The molecule has 0 aliphatic carbocycles. The van der Waals surface area contributed by atoms with Gasteiger partial charge in [-0.3, -0.25) is 9.98 Å². The van der Waals surface area contributed by atoms with Crippen molar-refractivity contribution in [3.8, 4) is 0 Å². The van der Waals surface area contributed by atoms with Crippen molar-refractivity contribution in [1.29, 1.82) is 0 Å². The highest BCUT2D eigenvalue weighted by Gasteiger charge is 2.16. The number of hydrogen-bond donors (Lipinski definition) is 0. The van der Waals surface area contributed by atoms with Crippen LogP contribution in [0.3, 0.4) is 0 Å². The lowest BCUT2D eigenvalue weighted by Gasteiger charge is -2.18. The summed E-state index contributed by atoms with van der Waals surface area (Å²) in [5, 5.41) is 2.77. The van der Waals surface area contributed by atoms with Gasteiger partial charge in [-0.2, -0.15) is 0 Å². The van der Waals surface area contributed by atoms with Crippen LogP contribution < -0.4 is 0 Å². The molecule has 0 saturated heterocycles. The molecule has 0 aromatic heterocycles. The third-order valence-electron chi connectivity index (χ3n) is 3.38. The molecule has 0 fully saturated rings. The van der Waals surface area contributed by atoms with Gasteiger partial charge in [0.2, 0.25) is 0 Å². The third-order valence-corrected chi connectivity index (χ3v) is 3.38. The Bertz CT molecular complexity index is 607. The van der Waals surface area contributed by atoms with Gasteiger partial charge in [-0.1, -0.05) is 24.3 Å². The fraction of sp³-hybridized carbons (Fsp3) is 0.143. The Balaban J connectivity index is 2.29. The SMILES string of the molecule is C1=NCc2ccc3c4c(ccc1c24)CN=C3. The molecule has 2 heterocycles. The van der Waals surface area contributed by atoms with E-state index in [4.69, 9.17) is 0 Å². The van der Waals surface area contributed by atoms with Crippen LogP contribution in [-0.2, 0) is 13.1 Å². The van der Waals surface area contributed by atoms with E-state index in [1.807, 2.05) is 12.4 Å². The van der Waals surface area contributed by atoms with Crippen molar-refractivity contribution < 1.29 is 0 Å². The van der Waals surface area contributed by atoms with Gasteiger partial charge in [-0.25, -0.2) is 0 Å². The normalized spacial score (nSPS) is 15.8. The van der Waals surface area contributed by atoms with Crippen molar-refractivity contribution in [3.63, 3.8) is 0 Å². The number of nitrogens with zero attached hydrogens (tertiary/aromatic N) is 2. The lowest BCUT2D eigenvalue weighted by Crippen LogP contribution is -2.04. The van der Waals surface area contributed by atoms with E-state index >= 15 is 0 Å².